The summed E-state index contributed by atoms with van der Waals surface area (Å²) in [5.74, 6) is -2.30. The molecule has 1 amide bonds. The first-order chi connectivity index (χ1) is 12.4. The fraction of sp³-hybridized carbons (Fsp3) is 0.611. The molecule has 2 saturated heterocycles. The zero-order valence-corrected chi connectivity index (χ0v) is 15.5. The minimum Gasteiger partial charge on any atom is -0.342 e. The summed E-state index contributed by atoms with van der Waals surface area (Å²) in [5.41, 5.74) is 0. The van der Waals surface area contributed by atoms with E-state index in [1.807, 2.05) is 4.90 Å². The highest BCUT2D eigenvalue weighted by Crippen LogP contribution is 2.26. The van der Waals surface area contributed by atoms with Crippen molar-refractivity contribution in [2.75, 3.05) is 26.2 Å². The van der Waals surface area contributed by atoms with Gasteiger partial charge in [0.05, 0.1) is 4.90 Å². The lowest BCUT2D eigenvalue weighted by Gasteiger charge is -2.33. The SMILES string of the molecule is O=C(C1CCN(S(=O)(=O)c2ccc(F)c(F)c2)CC1)N1CCCCCC1. The third-order valence-electron chi connectivity index (χ3n) is 5.25. The van der Waals surface area contributed by atoms with Crippen molar-refractivity contribution in [1.82, 2.24) is 9.21 Å². The van der Waals surface area contributed by atoms with Crippen LogP contribution in [-0.2, 0) is 14.8 Å². The van der Waals surface area contributed by atoms with Crippen LogP contribution in [0.2, 0.25) is 0 Å². The Labute approximate surface area is 153 Å². The maximum absolute atomic E-state index is 13.4. The summed E-state index contributed by atoms with van der Waals surface area (Å²) in [6.07, 6.45) is 5.25. The van der Waals surface area contributed by atoms with Gasteiger partial charge in [0.15, 0.2) is 11.6 Å². The van der Waals surface area contributed by atoms with E-state index in [1.165, 1.54) is 4.31 Å². The molecule has 0 atom stereocenters. The van der Waals surface area contributed by atoms with E-state index in [2.05, 4.69) is 0 Å². The van der Waals surface area contributed by atoms with Gasteiger partial charge in [-0.2, -0.15) is 4.31 Å². The molecule has 2 aliphatic rings. The Kier molecular flexibility index (Phi) is 5.92. The van der Waals surface area contributed by atoms with Crippen molar-refractivity contribution in [2.24, 2.45) is 5.92 Å². The number of benzene rings is 1. The van der Waals surface area contributed by atoms with Crippen LogP contribution in [0.3, 0.4) is 0 Å². The maximum atomic E-state index is 13.4. The molecule has 0 unspecified atom stereocenters. The predicted octanol–water partition coefficient (Wildman–Crippen LogP) is 2.77. The zero-order valence-electron chi connectivity index (χ0n) is 14.7. The second-order valence-corrected chi connectivity index (χ2v) is 8.93. The Morgan fingerprint density at radius 2 is 1.54 bits per heavy atom. The van der Waals surface area contributed by atoms with Crippen LogP contribution in [-0.4, -0.2) is 49.7 Å². The van der Waals surface area contributed by atoms with E-state index in [-0.39, 0.29) is 29.8 Å². The largest absolute Gasteiger partial charge is 0.342 e. The second kappa shape index (κ2) is 8.00. The number of halogens is 2. The van der Waals surface area contributed by atoms with Crippen LogP contribution in [0, 0.1) is 17.6 Å². The average molecular weight is 386 g/mol. The molecule has 0 radical (unpaired) electrons. The lowest BCUT2D eigenvalue weighted by Crippen LogP contribution is -2.44. The molecule has 0 spiro atoms. The number of likely N-dealkylation sites (tertiary alicyclic amines) is 1. The molecule has 0 aromatic heterocycles. The van der Waals surface area contributed by atoms with Crippen LogP contribution in [0.25, 0.3) is 0 Å². The van der Waals surface area contributed by atoms with E-state index in [9.17, 15) is 22.0 Å². The first kappa shape index (κ1) is 19.2. The van der Waals surface area contributed by atoms with E-state index < -0.39 is 21.7 Å². The van der Waals surface area contributed by atoms with Crippen molar-refractivity contribution in [3.63, 3.8) is 0 Å². The number of carbonyl (C=O) groups excluding carboxylic acids is 1. The van der Waals surface area contributed by atoms with E-state index in [1.54, 1.807) is 0 Å². The average Bonchev–Trinajstić information content (AvgIpc) is 2.93. The van der Waals surface area contributed by atoms with E-state index in [0.717, 1.165) is 50.9 Å². The third kappa shape index (κ3) is 4.06. The minimum absolute atomic E-state index is 0.122. The Morgan fingerprint density at radius 1 is 0.923 bits per heavy atom. The first-order valence-electron chi connectivity index (χ1n) is 9.13. The van der Waals surface area contributed by atoms with E-state index in [4.69, 9.17) is 0 Å². The number of carbonyl (C=O) groups is 1. The molecular formula is C18H24F2N2O3S. The number of hydrogen-bond donors (Lipinski definition) is 0. The molecule has 8 heteroatoms. The van der Waals surface area contributed by atoms with Gasteiger partial charge in [-0.1, -0.05) is 12.8 Å². The van der Waals surface area contributed by atoms with Crippen LogP contribution in [0.4, 0.5) is 8.78 Å². The van der Waals surface area contributed by atoms with Crippen molar-refractivity contribution < 1.29 is 22.0 Å². The van der Waals surface area contributed by atoms with Gasteiger partial charge in [0, 0.05) is 32.1 Å². The number of hydrogen-bond acceptors (Lipinski definition) is 3. The first-order valence-corrected chi connectivity index (χ1v) is 10.6. The molecule has 0 bridgehead atoms. The zero-order chi connectivity index (χ0) is 18.7. The summed E-state index contributed by atoms with van der Waals surface area (Å²) < 4.78 is 52.9. The summed E-state index contributed by atoms with van der Waals surface area (Å²) >= 11 is 0. The van der Waals surface area contributed by atoms with Gasteiger partial charge in [0.2, 0.25) is 15.9 Å². The molecule has 0 saturated carbocycles. The molecule has 5 nitrogen and oxygen atoms in total. The summed E-state index contributed by atoms with van der Waals surface area (Å²) in [6.45, 7) is 2.00. The quantitative estimate of drug-likeness (QED) is 0.803. The topological polar surface area (TPSA) is 57.7 Å². The summed E-state index contributed by atoms with van der Waals surface area (Å²) in [5, 5.41) is 0. The predicted molar refractivity (Wildman–Crippen MR) is 92.9 cm³/mol. The van der Waals surface area contributed by atoms with Gasteiger partial charge < -0.3 is 4.90 Å². The summed E-state index contributed by atoms with van der Waals surface area (Å²) in [6, 6.07) is 2.60. The molecule has 0 aliphatic carbocycles. The van der Waals surface area contributed by atoms with Gasteiger partial charge in [-0.25, -0.2) is 17.2 Å². The van der Waals surface area contributed by atoms with Crippen LogP contribution in [0.15, 0.2) is 23.1 Å². The molecule has 1 aromatic rings. The highest BCUT2D eigenvalue weighted by atomic mass is 32.2. The number of nitrogens with zero attached hydrogens (tertiary/aromatic N) is 2. The minimum atomic E-state index is -3.88. The van der Waals surface area contributed by atoms with Gasteiger partial charge in [-0.15, -0.1) is 0 Å². The van der Waals surface area contributed by atoms with Gasteiger partial charge in [-0.05, 0) is 43.9 Å². The number of sulfonamides is 1. The van der Waals surface area contributed by atoms with E-state index >= 15 is 0 Å². The number of amides is 1. The molecule has 2 heterocycles. The highest BCUT2D eigenvalue weighted by molar-refractivity contribution is 7.89. The number of rotatable bonds is 3. The maximum Gasteiger partial charge on any atom is 0.243 e. The monoisotopic (exact) mass is 386 g/mol. The van der Waals surface area contributed by atoms with Crippen LogP contribution < -0.4 is 0 Å². The van der Waals surface area contributed by atoms with Crippen molar-refractivity contribution in [3.8, 4) is 0 Å². The van der Waals surface area contributed by atoms with Crippen LogP contribution in [0.1, 0.15) is 38.5 Å². The normalized spacial score (nSPS) is 20.8. The molecule has 2 fully saturated rings. The summed E-state index contributed by atoms with van der Waals surface area (Å²) in [7, 11) is -3.88. The van der Waals surface area contributed by atoms with Gasteiger partial charge in [0.1, 0.15) is 0 Å². The molecule has 3 rings (SSSR count). The highest BCUT2D eigenvalue weighted by Gasteiger charge is 2.34. The molecule has 0 N–H and O–H groups in total. The molecular weight excluding hydrogens is 362 g/mol. The van der Waals surface area contributed by atoms with Gasteiger partial charge in [-0.3, -0.25) is 4.79 Å². The van der Waals surface area contributed by atoms with Gasteiger partial charge >= 0.3 is 0 Å². The van der Waals surface area contributed by atoms with Crippen molar-refractivity contribution in [1.29, 1.82) is 0 Å². The fourth-order valence-corrected chi connectivity index (χ4v) is 5.16. The Bertz CT molecular complexity index is 754. The Hall–Kier alpha value is -1.54. The fourth-order valence-electron chi connectivity index (χ4n) is 3.68. The Balaban J connectivity index is 1.63. The van der Waals surface area contributed by atoms with Gasteiger partial charge in [0.25, 0.3) is 0 Å². The van der Waals surface area contributed by atoms with E-state index in [0.29, 0.717) is 18.9 Å². The molecule has 144 valence electrons. The van der Waals surface area contributed by atoms with Crippen LogP contribution >= 0.6 is 0 Å². The molecule has 26 heavy (non-hydrogen) atoms. The number of piperidine rings is 1. The Morgan fingerprint density at radius 3 is 2.12 bits per heavy atom. The summed E-state index contributed by atoms with van der Waals surface area (Å²) in [4.78, 5) is 14.3. The standard InChI is InChI=1S/C18H24F2N2O3S/c19-16-6-5-15(13-17(16)20)26(24,25)22-11-7-14(8-12-22)18(23)21-9-3-1-2-4-10-21/h5-6,13-14H,1-4,7-12H2. The van der Waals surface area contributed by atoms with Crippen molar-refractivity contribution in [3.05, 3.63) is 29.8 Å². The molecule has 1 aromatic carbocycles. The smallest absolute Gasteiger partial charge is 0.243 e. The third-order valence-corrected chi connectivity index (χ3v) is 7.14. The van der Waals surface area contributed by atoms with Crippen molar-refractivity contribution in [2.45, 2.75) is 43.4 Å². The lowest BCUT2D eigenvalue weighted by atomic mass is 9.96. The second-order valence-electron chi connectivity index (χ2n) is 6.99. The van der Waals surface area contributed by atoms with Crippen molar-refractivity contribution >= 4 is 15.9 Å². The lowest BCUT2D eigenvalue weighted by molar-refractivity contribution is -0.136. The molecule has 2 aliphatic heterocycles. The van der Waals surface area contributed by atoms with Crippen LogP contribution in [0.5, 0.6) is 0 Å².